The van der Waals surface area contributed by atoms with E-state index in [0.717, 1.165) is 16.8 Å². The lowest BCUT2D eigenvalue weighted by Gasteiger charge is -2.08. The molecule has 0 aliphatic carbocycles. The fourth-order valence-electron chi connectivity index (χ4n) is 3.77. The van der Waals surface area contributed by atoms with Crippen LogP contribution in [0.15, 0.2) is 59.0 Å². The summed E-state index contributed by atoms with van der Waals surface area (Å²) >= 11 is 0. The average molecular weight is 475 g/mol. The second kappa shape index (κ2) is 9.84. The second-order valence-electron chi connectivity index (χ2n) is 8.37. The molecule has 0 radical (unpaired) electrons. The van der Waals surface area contributed by atoms with Gasteiger partial charge >= 0.3 is 5.69 Å². The maximum Gasteiger partial charge on any atom is 0.311 e. The van der Waals surface area contributed by atoms with Gasteiger partial charge in [0.25, 0.3) is 5.91 Å². The number of rotatable bonds is 8. The van der Waals surface area contributed by atoms with Crippen LogP contribution in [0.2, 0.25) is 0 Å². The molecule has 0 spiro atoms. The van der Waals surface area contributed by atoms with Crippen molar-refractivity contribution in [3.05, 3.63) is 104 Å². The number of nitro groups is 1. The zero-order valence-electron chi connectivity index (χ0n) is 20.0. The smallest absolute Gasteiger partial charge is 0.311 e. The molecule has 2 aromatic carbocycles. The highest BCUT2D eigenvalue weighted by Gasteiger charge is 2.19. The van der Waals surface area contributed by atoms with Crippen LogP contribution in [0.25, 0.3) is 0 Å². The molecule has 4 aromatic rings. The Bertz CT molecular complexity index is 1400. The van der Waals surface area contributed by atoms with Crippen molar-refractivity contribution in [3.8, 4) is 5.75 Å². The number of ether oxygens (including phenoxy) is 1. The number of amides is 1. The molecule has 4 rings (SSSR count). The normalized spacial score (nSPS) is 10.9. The molecule has 1 amide bonds. The predicted molar refractivity (Wildman–Crippen MR) is 131 cm³/mol. The minimum Gasteiger partial charge on any atom is -0.479 e. The van der Waals surface area contributed by atoms with Crippen LogP contribution >= 0.6 is 0 Å². The molecule has 0 bridgehead atoms. The first-order chi connectivity index (χ1) is 16.7. The van der Waals surface area contributed by atoms with E-state index in [0.29, 0.717) is 23.7 Å². The number of nitrogens with one attached hydrogen (secondary N) is 1. The highest BCUT2D eigenvalue weighted by Crippen LogP contribution is 2.29. The molecule has 2 heterocycles. The molecule has 35 heavy (non-hydrogen) atoms. The largest absolute Gasteiger partial charge is 0.479 e. The quantitative estimate of drug-likeness (QED) is 0.267. The number of nitro benzene ring substituents is 1. The van der Waals surface area contributed by atoms with Crippen molar-refractivity contribution in [1.82, 2.24) is 9.78 Å². The molecule has 0 aliphatic rings. The third-order valence-electron chi connectivity index (χ3n) is 5.77. The van der Waals surface area contributed by atoms with Crippen LogP contribution in [0.1, 0.15) is 44.4 Å². The third-order valence-corrected chi connectivity index (χ3v) is 5.77. The van der Waals surface area contributed by atoms with Crippen molar-refractivity contribution in [3.63, 3.8) is 0 Å². The molecule has 9 heteroatoms. The molecule has 0 saturated carbocycles. The van der Waals surface area contributed by atoms with Gasteiger partial charge in [-0.05, 0) is 62.6 Å². The van der Waals surface area contributed by atoms with Gasteiger partial charge in [0, 0.05) is 6.07 Å². The predicted octanol–water partition coefficient (Wildman–Crippen LogP) is 5.50. The summed E-state index contributed by atoms with van der Waals surface area (Å²) in [4.78, 5) is 23.6. The Morgan fingerprint density at radius 1 is 1.11 bits per heavy atom. The van der Waals surface area contributed by atoms with Crippen LogP contribution in [0.5, 0.6) is 5.75 Å². The van der Waals surface area contributed by atoms with Crippen LogP contribution < -0.4 is 10.1 Å². The first-order valence-corrected chi connectivity index (χ1v) is 11.1. The molecular weight excluding hydrogens is 448 g/mol. The molecule has 0 aliphatic heterocycles. The highest BCUT2D eigenvalue weighted by molar-refractivity contribution is 6.02. The summed E-state index contributed by atoms with van der Waals surface area (Å²) in [6.45, 7) is 8.12. The number of hydrogen-bond donors (Lipinski definition) is 1. The van der Waals surface area contributed by atoms with E-state index in [1.807, 2.05) is 30.7 Å². The SMILES string of the molecule is Cc1ccc(OCc2ccc(C(=O)Nc3c(C)nn(Cc4ccccc4C)c3C)o2)c([N+](=O)[O-])c1. The molecule has 9 nitrogen and oxygen atoms in total. The summed E-state index contributed by atoms with van der Waals surface area (Å²) in [5, 5.41) is 18.7. The van der Waals surface area contributed by atoms with Crippen molar-refractivity contribution < 1.29 is 18.9 Å². The summed E-state index contributed by atoms with van der Waals surface area (Å²) in [7, 11) is 0. The number of nitrogens with zero attached hydrogens (tertiary/aromatic N) is 3. The van der Waals surface area contributed by atoms with Crippen LogP contribution in [0, 0.1) is 37.8 Å². The Morgan fingerprint density at radius 3 is 2.63 bits per heavy atom. The molecule has 0 atom stereocenters. The molecule has 0 saturated heterocycles. The van der Waals surface area contributed by atoms with Crippen LogP contribution in [-0.2, 0) is 13.2 Å². The van der Waals surface area contributed by atoms with Crippen molar-refractivity contribution in [1.29, 1.82) is 0 Å². The van der Waals surface area contributed by atoms with Gasteiger partial charge in [-0.25, -0.2) is 0 Å². The van der Waals surface area contributed by atoms with E-state index < -0.39 is 10.8 Å². The van der Waals surface area contributed by atoms with E-state index in [9.17, 15) is 14.9 Å². The monoisotopic (exact) mass is 474 g/mol. The zero-order chi connectivity index (χ0) is 25.1. The maximum absolute atomic E-state index is 12.8. The van der Waals surface area contributed by atoms with Gasteiger partial charge in [-0.1, -0.05) is 30.3 Å². The molecule has 1 N–H and O–H groups in total. The van der Waals surface area contributed by atoms with E-state index in [1.54, 1.807) is 31.2 Å². The van der Waals surface area contributed by atoms with Crippen molar-refractivity contribution >= 4 is 17.3 Å². The summed E-state index contributed by atoms with van der Waals surface area (Å²) in [5.74, 6) is 0.190. The number of benzene rings is 2. The molecule has 0 fully saturated rings. The number of carbonyl (C=O) groups is 1. The van der Waals surface area contributed by atoms with E-state index in [-0.39, 0.29) is 23.8 Å². The second-order valence-corrected chi connectivity index (χ2v) is 8.37. The summed E-state index contributed by atoms with van der Waals surface area (Å²) in [6.07, 6.45) is 0. The van der Waals surface area contributed by atoms with E-state index >= 15 is 0 Å². The van der Waals surface area contributed by atoms with Crippen LogP contribution in [0.3, 0.4) is 0 Å². The van der Waals surface area contributed by atoms with Crippen molar-refractivity contribution in [2.24, 2.45) is 0 Å². The number of aryl methyl sites for hydroxylation is 3. The van der Waals surface area contributed by atoms with Crippen LogP contribution in [0.4, 0.5) is 11.4 Å². The fourth-order valence-corrected chi connectivity index (χ4v) is 3.77. The lowest BCUT2D eigenvalue weighted by molar-refractivity contribution is -0.386. The first-order valence-electron chi connectivity index (χ1n) is 11.1. The Morgan fingerprint density at radius 2 is 1.89 bits per heavy atom. The lowest BCUT2D eigenvalue weighted by atomic mass is 10.1. The van der Waals surface area contributed by atoms with Gasteiger partial charge < -0.3 is 14.5 Å². The van der Waals surface area contributed by atoms with E-state index in [1.165, 1.54) is 11.6 Å². The molecular formula is C26H26N4O5. The number of aromatic nitrogens is 2. The van der Waals surface area contributed by atoms with Gasteiger partial charge in [-0.15, -0.1) is 0 Å². The number of furan rings is 1. The Labute approximate surface area is 202 Å². The van der Waals surface area contributed by atoms with Gasteiger partial charge in [-0.2, -0.15) is 5.10 Å². The maximum atomic E-state index is 12.8. The first kappa shape index (κ1) is 23.7. The Hall–Kier alpha value is -4.40. The van der Waals surface area contributed by atoms with E-state index in [2.05, 4.69) is 29.5 Å². The minimum absolute atomic E-state index is 0.0520. The number of carbonyl (C=O) groups excluding carboxylic acids is 1. The molecule has 2 aromatic heterocycles. The van der Waals surface area contributed by atoms with Crippen molar-refractivity contribution in [2.45, 2.75) is 40.8 Å². The Balaban J connectivity index is 1.44. The third kappa shape index (κ3) is 5.24. The van der Waals surface area contributed by atoms with Gasteiger partial charge in [0.2, 0.25) is 0 Å². The standard InChI is InChI=1S/C26H26N4O5/c1-16-9-11-23(22(13-16)30(32)33)34-15-21-10-12-24(35-21)26(31)27-25-18(3)28-29(19(25)4)14-20-8-6-5-7-17(20)2/h5-13H,14-15H2,1-4H3,(H,27,31). The zero-order valence-corrected chi connectivity index (χ0v) is 20.0. The van der Waals surface area contributed by atoms with Gasteiger partial charge in [-0.3, -0.25) is 19.6 Å². The topological polar surface area (TPSA) is 112 Å². The lowest BCUT2D eigenvalue weighted by Crippen LogP contribution is -2.12. The van der Waals surface area contributed by atoms with Crippen LogP contribution in [-0.4, -0.2) is 20.6 Å². The van der Waals surface area contributed by atoms with Gasteiger partial charge in [0.1, 0.15) is 12.4 Å². The van der Waals surface area contributed by atoms with Gasteiger partial charge in [0.05, 0.1) is 28.5 Å². The summed E-state index contributed by atoms with van der Waals surface area (Å²) in [5.41, 5.74) is 5.13. The van der Waals surface area contributed by atoms with Crippen molar-refractivity contribution in [2.75, 3.05) is 5.32 Å². The Kier molecular flexibility index (Phi) is 6.68. The average Bonchev–Trinajstić information content (AvgIpc) is 3.40. The fraction of sp³-hybridized carbons (Fsp3) is 0.231. The highest BCUT2D eigenvalue weighted by atomic mass is 16.6. The number of anilines is 1. The van der Waals surface area contributed by atoms with Gasteiger partial charge in [0.15, 0.2) is 11.5 Å². The minimum atomic E-state index is -0.493. The molecule has 180 valence electrons. The summed E-state index contributed by atoms with van der Waals surface area (Å²) < 4.78 is 13.1. The van der Waals surface area contributed by atoms with E-state index in [4.69, 9.17) is 9.15 Å². The number of hydrogen-bond acceptors (Lipinski definition) is 6. The summed E-state index contributed by atoms with van der Waals surface area (Å²) in [6, 6.07) is 16.0. The molecule has 0 unspecified atom stereocenters.